The van der Waals surface area contributed by atoms with Gasteiger partial charge < -0.3 is 24.5 Å². The summed E-state index contributed by atoms with van der Waals surface area (Å²) in [4.78, 5) is 0. The minimum absolute atomic E-state index is 0.0297. The summed E-state index contributed by atoms with van der Waals surface area (Å²) in [7, 11) is 0. The third-order valence-corrected chi connectivity index (χ3v) is 4.48. The molecule has 0 amide bonds. The highest BCUT2D eigenvalue weighted by atomic mass is 16.5. The van der Waals surface area contributed by atoms with Crippen molar-refractivity contribution in [2.75, 3.05) is 0 Å². The van der Waals surface area contributed by atoms with Crippen molar-refractivity contribution < 1.29 is 24.5 Å². The first kappa shape index (κ1) is 14.9. The van der Waals surface area contributed by atoms with E-state index < -0.39 is 11.7 Å². The van der Waals surface area contributed by atoms with Crippen LogP contribution in [-0.4, -0.2) is 27.0 Å². The number of benzene rings is 2. The van der Waals surface area contributed by atoms with Crippen LogP contribution in [0.25, 0.3) is 22.3 Å². The number of aliphatic hydroxyl groups excluding tert-OH is 1. The lowest BCUT2D eigenvalue weighted by Crippen LogP contribution is -2.46. The maximum absolute atomic E-state index is 10.2. The molecule has 24 heavy (non-hydrogen) atoms. The van der Waals surface area contributed by atoms with Gasteiger partial charge in [-0.3, -0.25) is 0 Å². The molecule has 5 heteroatoms. The smallest absolute Gasteiger partial charge is 0.138 e. The van der Waals surface area contributed by atoms with Crippen molar-refractivity contribution in [3.8, 4) is 28.6 Å². The van der Waals surface area contributed by atoms with Crippen molar-refractivity contribution in [1.82, 2.24) is 0 Å². The molecule has 0 fully saturated rings. The van der Waals surface area contributed by atoms with Crippen LogP contribution in [0.15, 0.2) is 40.8 Å². The molecule has 0 aliphatic carbocycles. The molecule has 5 nitrogen and oxygen atoms in total. The van der Waals surface area contributed by atoms with Gasteiger partial charge in [0.15, 0.2) is 0 Å². The molecule has 1 aliphatic rings. The molecule has 2 heterocycles. The Morgan fingerprint density at radius 3 is 2.42 bits per heavy atom. The summed E-state index contributed by atoms with van der Waals surface area (Å²) in [5.74, 6) is 1.19. The lowest BCUT2D eigenvalue weighted by molar-refractivity contribution is -0.0410. The second-order valence-corrected chi connectivity index (χ2v) is 6.77. The summed E-state index contributed by atoms with van der Waals surface area (Å²) in [6.45, 7) is 3.71. The van der Waals surface area contributed by atoms with Crippen molar-refractivity contribution >= 4 is 11.0 Å². The molecule has 3 N–H and O–H groups in total. The quantitative estimate of drug-likeness (QED) is 0.636. The zero-order chi connectivity index (χ0) is 17.1. The maximum Gasteiger partial charge on any atom is 0.138 e. The zero-order valence-corrected chi connectivity index (χ0v) is 13.4. The monoisotopic (exact) mass is 326 g/mol. The number of hydrogen-bond donors (Lipinski definition) is 3. The Kier molecular flexibility index (Phi) is 3.05. The number of phenols is 2. The van der Waals surface area contributed by atoms with E-state index in [9.17, 15) is 15.3 Å². The van der Waals surface area contributed by atoms with Gasteiger partial charge in [0.25, 0.3) is 0 Å². The molecular formula is C19H18O5. The van der Waals surface area contributed by atoms with Gasteiger partial charge in [-0.25, -0.2) is 0 Å². The molecule has 0 bridgehead atoms. The van der Waals surface area contributed by atoms with E-state index in [2.05, 4.69) is 0 Å². The largest absolute Gasteiger partial charge is 0.508 e. The molecule has 0 spiro atoms. The lowest BCUT2D eigenvalue weighted by atomic mass is 9.90. The molecule has 1 aliphatic heterocycles. The van der Waals surface area contributed by atoms with Crippen molar-refractivity contribution in [3.05, 3.63) is 42.0 Å². The highest BCUT2D eigenvalue weighted by molar-refractivity contribution is 5.85. The van der Waals surface area contributed by atoms with Gasteiger partial charge in [0, 0.05) is 29.5 Å². The number of phenolic OH excluding ortho intramolecular Hbond substituents is 2. The molecular weight excluding hydrogens is 308 g/mol. The number of ether oxygens (including phenoxy) is 1. The van der Waals surface area contributed by atoms with Crippen LogP contribution in [0.5, 0.6) is 17.2 Å². The van der Waals surface area contributed by atoms with Crippen LogP contribution in [0.4, 0.5) is 0 Å². The first-order valence-corrected chi connectivity index (χ1v) is 7.79. The van der Waals surface area contributed by atoms with Gasteiger partial charge in [-0.1, -0.05) is 0 Å². The fourth-order valence-electron chi connectivity index (χ4n) is 3.06. The van der Waals surface area contributed by atoms with Crippen molar-refractivity contribution in [2.24, 2.45) is 0 Å². The molecule has 0 unspecified atom stereocenters. The second-order valence-electron chi connectivity index (χ2n) is 6.77. The number of aliphatic hydroxyl groups is 1. The van der Waals surface area contributed by atoms with E-state index >= 15 is 0 Å². The average molecular weight is 326 g/mol. The van der Waals surface area contributed by atoms with Crippen LogP contribution in [0.2, 0.25) is 0 Å². The van der Waals surface area contributed by atoms with E-state index in [1.807, 2.05) is 32.0 Å². The van der Waals surface area contributed by atoms with Crippen molar-refractivity contribution in [1.29, 1.82) is 0 Å². The SMILES string of the molecule is CC1(C)Oc2cc3oc(-c4cc(O)cc(O)c4)cc3cc2C[C@H]1O. The molecule has 4 rings (SSSR count). The zero-order valence-electron chi connectivity index (χ0n) is 13.4. The lowest BCUT2D eigenvalue weighted by Gasteiger charge is -2.36. The summed E-state index contributed by atoms with van der Waals surface area (Å²) >= 11 is 0. The van der Waals surface area contributed by atoms with Crippen LogP contribution in [-0.2, 0) is 6.42 Å². The van der Waals surface area contributed by atoms with E-state index in [4.69, 9.17) is 9.15 Å². The van der Waals surface area contributed by atoms with Gasteiger partial charge in [-0.15, -0.1) is 0 Å². The van der Waals surface area contributed by atoms with Crippen LogP contribution < -0.4 is 4.74 Å². The Morgan fingerprint density at radius 2 is 1.71 bits per heavy atom. The molecule has 1 atom stereocenters. The van der Waals surface area contributed by atoms with Gasteiger partial charge in [0.2, 0.25) is 0 Å². The van der Waals surface area contributed by atoms with E-state index in [0.717, 1.165) is 10.9 Å². The van der Waals surface area contributed by atoms with Crippen LogP contribution in [0.3, 0.4) is 0 Å². The van der Waals surface area contributed by atoms with Crippen LogP contribution in [0, 0.1) is 0 Å². The van der Waals surface area contributed by atoms with Gasteiger partial charge in [0.05, 0.1) is 6.10 Å². The Hall–Kier alpha value is -2.66. The molecule has 0 saturated carbocycles. The van der Waals surface area contributed by atoms with E-state index in [1.54, 1.807) is 0 Å². The number of rotatable bonds is 1. The molecule has 2 aromatic carbocycles. The standard InChI is InChI=1S/C19H18O5/c1-19(2)18(22)7-11-3-10-6-15(23-16(10)9-17(11)24-19)12-4-13(20)8-14(21)5-12/h3-6,8-9,18,20-22H,7H2,1-2H3/t18-/m1/s1. The minimum atomic E-state index is -0.646. The number of hydrogen-bond acceptors (Lipinski definition) is 5. The van der Waals surface area contributed by atoms with Gasteiger partial charge in [-0.2, -0.15) is 0 Å². The topological polar surface area (TPSA) is 83.1 Å². The summed E-state index contributed by atoms with van der Waals surface area (Å²) in [6, 6.07) is 9.93. The molecule has 0 radical (unpaired) electrons. The number of furan rings is 1. The molecule has 1 aromatic heterocycles. The van der Waals surface area contributed by atoms with Gasteiger partial charge in [-0.05, 0) is 43.7 Å². The first-order chi connectivity index (χ1) is 11.3. The first-order valence-electron chi connectivity index (χ1n) is 7.79. The van der Waals surface area contributed by atoms with E-state index in [-0.39, 0.29) is 11.5 Å². The number of aromatic hydroxyl groups is 2. The number of fused-ring (bicyclic) bond motifs is 2. The Balaban J connectivity index is 1.82. The molecule has 124 valence electrons. The summed E-state index contributed by atoms with van der Waals surface area (Å²) < 4.78 is 11.8. The fourth-order valence-corrected chi connectivity index (χ4v) is 3.06. The fraction of sp³-hybridized carbons (Fsp3) is 0.263. The van der Waals surface area contributed by atoms with E-state index in [0.29, 0.717) is 29.1 Å². The Labute approximate surface area is 138 Å². The Morgan fingerprint density at radius 1 is 1.00 bits per heavy atom. The van der Waals surface area contributed by atoms with E-state index in [1.165, 1.54) is 18.2 Å². The third-order valence-electron chi connectivity index (χ3n) is 4.48. The minimum Gasteiger partial charge on any atom is -0.508 e. The predicted molar refractivity (Wildman–Crippen MR) is 89.4 cm³/mol. The molecule has 3 aromatic rings. The second kappa shape index (κ2) is 4.92. The summed E-state index contributed by atoms with van der Waals surface area (Å²) in [6.07, 6.45) is -0.0528. The van der Waals surface area contributed by atoms with Crippen LogP contribution in [0.1, 0.15) is 19.4 Å². The summed E-state index contributed by atoms with van der Waals surface area (Å²) in [5, 5.41) is 30.4. The Bertz CT molecular complexity index is 918. The highest BCUT2D eigenvalue weighted by Gasteiger charge is 2.36. The predicted octanol–water partition coefficient (Wildman–Crippen LogP) is 3.59. The molecule has 0 saturated heterocycles. The van der Waals surface area contributed by atoms with Crippen molar-refractivity contribution in [2.45, 2.75) is 32.0 Å². The third kappa shape index (κ3) is 2.37. The normalized spacial score (nSPS) is 19.0. The highest BCUT2D eigenvalue weighted by Crippen LogP contribution is 2.39. The maximum atomic E-state index is 10.2. The van der Waals surface area contributed by atoms with Crippen LogP contribution >= 0.6 is 0 Å². The average Bonchev–Trinajstić information content (AvgIpc) is 2.88. The summed E-state index contributed by atoms with van der Waals surface area (Å²) in [5.41, 5.74) is 1.52. The van der Waals surface area contributed by atoms with Gasteiger partial charge in [0.1, 0.15) is 34.2 Å². The van der Waals surface area contributed by atoms with Crippen molar-refractivity contribution in [3.63, 3.8) is 0 Å². The van der Waals surface area contributed by atoms with Gasteiger partial charge >= 0.3 is 0 Å².